The van der Waals surface area contributed by atoms with Crippen LogP contribution in [-0.4, -0.2) is 20.4 Å². The lowest BCUT2D eigenvalue weighted by Gasteiger charge is -2.51. The Labute approximate surface area is 136 Å². The molecule has 1 fully saturated rings. The molecule has 0 bridgehead atoms. The van der Waals surface area contributed by atoms with Crippen LogP contribution in [0.5, 0.6) is 0 Å². The Morgan fingerprint density at radius 3 is 2.43 bits per heavy atom. The van der Waals surface area contributed by atoms with Gasteiger partial charge in [0.05, 0.1) is 9.88 Å². The molecule has 116 valence electrons. The smallest absolute Gasteiger partial charge is 0.166 e. The molecule has 2 rings (SSSR count). The number of aromatic nitrogens is 1. The van der Waals surface area contributed by atoms with Gasteiger partial charge in [-0.15, -0.1) is 11.3 Å². The molecule has 1 aromatic heterocycles. The van der Waals surface area contributed by atoms with E-state index < -0.39 is 0 Å². The molecule has 0 aromatic carbocycles. The minimum Gasteiger partial charge on any atom is -0.233 e. The van der Waals surface area contributed by atoms with Crippen molar-refractivity contribution in [3.63, 3.8) is 0 Å². The van der Waals surface area contributed by atoms with Crippen LogP contribution < -0.4 is 9.88 Å². The molecule has 2 nitrogen and oxygen atoms in total. The van der Waals surface area contributed by atoms with Gasteiger partial charge in [-0.05, 0) is 71.9 Å². The highest BCUT2D eigenvalue weighted by Crippen LogP contribution is 2.45. The Hall–Kier alpha value is -0.580. The number of hydrogen-bond donors (Lipinski definition) is 0. The van der Waals surface area contributed by atoms with E-state index in [1.54, 1.807) is 23.3 Å². The molecule has 0 spiro atoms. The predicted octanol–water partition coefficient (Wildman–Crippen LogP) is 3.96. The van der Waals surface area contributed by atoms with Crippen LogP contribution in [0.15, 0.2) is 16.5 Å². The summed E-state index contributed by atoms with van der Waals surface area (Å²) in [6.07, 6.45) is 9.95. The monoisotopic (exact) mass is 322 g/mol. The first-order valence-corrected chi connectivity index (χ1v) is 9.12. The zero-order chi connectivity index (χ0) is 15.7. The van der Waals surface area contributed by atoms with Crippen molar-refractivity contribution in [2.75, 3.05) is 0 Å². The first kappa shape index (κ1) is 16.8. The van der Waals surface area contributed by atoms with E-state index in [1.807, 2.05) is 19.1 Å². The Morgan fingerprint density at radius 1 is 1.24 bits per heavy atom. The largest absolute Gasteiger partial charge is 0.233 e. The van der Waals surface area contributed by atoms with Crippen LogP contribution in [0.25, 0.3) is 12.7 Å². The van der Waals surface area contributed by atoms with Crippen molar-refractivity contribution < 1.29 is 0 Å². The maximum Gasteiger partial charge on any atom is 0.166 e. The molecular formula is C17H26N2S2. The summed E-state index contributed by atoms with van der Waals surface area (Å²) in [5.74, 6) is 0. The van der Waals surface area contributed by atoms with Gasteiger partial charge in [-0.2, -0.15) is 0 Å². The van der Waals surface area contributed by atoms with Crippen molar-refractivity contribution in [3.8, 4) is 0 Å². The van der Waals surface area contributed by atoms with Crippen LogP contribution >= 0.6 is 23.3 Å². The molecule has 1 aliphatic heterocycles. The second-order valence-corrected chi connectivity index (χ2v) is 9.07. The molecule has 0 unspecified atom stereocenters. The van der Waals surface area contributed by atoms with Crippen LogP contribution in [0.2, 0.25) is 0 Å². The molecule has 1 saturated heterocycles. The Balaban J connectivity index is 2.30. The topological polar surface area (TPSA) is 16.1 Å². The zero-order valence-electron chi connectivity index (χ0n) is 13.8. The summed E-state index contributed by atoms with van der Waals surface area (Å²) >= 11 is 3.54. The van der Waals surface area contributed by atoms with Crippen molar-refractivity contribution in [1.29, 1.82) is 0 Å². The standard InChI is InChI=1S/C17H26N2S2/c1-7-8-10-14-13(2)18-15(20-14)21-19-16(3,4)11-9-12-17(19,5)6/h7-8,10H,2,9,11-12H2,1,3-6H3/b8-7-,14-10+. The number of piperidine rings is 1. The van der Waals surface area contributed by atoms with Gasteiger partial charge in [0.15, 0.2) is 4.34 Å². The summed E-state index contributed by atoms with van der Waals surface area (Å²) in [6, 6.07) is 0. The lowest BCUT2D eigenvalue weighted by atomic mass is 9.83. The van der Waals surface area contributed by atoms with Crippen molar-refractivity contribution >= 4 is 35.9 Å². The number of hydrogen-bond acceptors (Lipinski definition) is 4. The van der Waals surface area contributed by atoms with Crippen molar-refractivity contribution in [3.05, 3.63) is 22.0 Å². The second-order valence-electron chi connectivity index (χ2n) is 6.85. The third kappa shape index (κ3) is 3.79. The zero-order valence-corrected chi connectivity index (χ0v) is 15.4. The highest BCUT2D eigenvalue weighted by Gasteiger charge is 2.42. The number of thiazole rings is 1. The van der Waals surface area contributed by atoms with Crippen molar-refractivity contribution in [2.45, 2.75) is 69.3 Å². The van der Waals surface area contributed by atoms with E-state index in [-0.39, 0.29) is 11.1 Å². The maximum absolute atomic E-state index is 4.65. The summed E-state index contributed by atoms with van der Waals surface area (Å²) in [7, 11) is 0. The fraction of sp³-hybridized carbons (Fsp3) is 0.588. The van der Waals surface area contributed by atoms with Crippen LogP contribution in [0.4, 0.5) is 0 Å². The van der Waals surface area contributed by atoms with E-state index in [4.69, 9.17) is 0 Å². The summed E-state index contributed by atoms with van der Waals surface area (Å²) < 4.78 is 4.79. The van der Waals surface area contributed by atoms with E-state index in [0.29, 0.717) is 0 Å². The minimum atomic E-state index is 0.201. The van der Waals surface area contributed by atoms with Gasteiger partial charge in [0.1, 0.15) is 0 Å². The van der Waals surface area contributed by atoms with Crippen molar-refractivity contribution in [1.82, 2.24) is 9.29 Å². The lowest BCUT2D eigenvalue weighted by molar-refractivity contribution is 0.0676. The normalized spacial score (nSPS) is 23.0. The van der Waals surface area contributed by atoms with Gasteiger partial charge in [0.2, 0.25) is 0 Å². The van der Waals surface area contributed by atoms with E-state index >= 15 is 0 Å². The van der Waals surface area contributed by atoms with Crippen LogP contribution in [0, 0.1) is 0 Å². The van der Waals surface area contributed by atoms with Crippen molar-refractivity contribution in [2.24, 2.45) is 0 Å². The van der Waals surface area contributed by atoms with E-state index in [0.717, 1.165) is 14.2 Å². The number of allylic oxidation sites excluding steroid dienone is 2. The molecule has 0 N–H and O–H groups in total. The maximum atomic E-state index is 4.65. The second kappa shape index (κ2) is 6.27. The summed E-state index contributed by atoms with van der Waals surface area (Å²) in [5, 5.41) is 0.883. The quantitative estimate of drug-likeness (QED) is 0.784. The van der Waals surface area contributed by atoms with Gasteiger partial charge >= 0.3 is 0 Å². The lowest BCUT2D eigenvalue weighted by Crippen LogP contribution is -2.54. The van der Waals surface area contributed by atoms with Crippen LogP contribution in [0.1, 0.15) is 53.9 Å². The summed E-state index contributed by atoms with van der Waals surface area (Å²) in [6.45, 7) is 15.4. The Morgan fingerprint density at radius 2 is 1.86 bits per heavy atom. The molecular weight excluding hydrogens is 296 g/mol. The molecule has 0 atom stereocenters. The Kier molecular flexibility index (Phi) is 5.01. The highest BCUT2D eigenvalue weighted by atomic mass is 32.2. The van der Waals surface area contributed by atoms with Crippen LogP contribution in [-0.2, 0) is 0 Å². The van der Waals surface area contributed by atoms with Gasteiger partial charge < -0.3 is 0 Å². The van der Waals surface area contributed by atoms with E-state index in [1.165, 1.54) is 19.3 Å². The molecule has 2 heterocycles. The minimum absolute atomic E-state index is 0.201. The third-order valence-corrected chi connectivity index (χ3v) is 6.74. The molecule has 0 radical (unpaired) electrons. The SMILES string of the molecule is C=c1nc(SN2C(C)(C)CCCC2(C)C)s/c1=C/C=C\C. The predicted molar refractivity (Wildman–Crippen MR) is 95.9 cm³/mol. The average Bonchev–Trinajstić information content (AvgIpc) is 2.71. The molecule has 0 saturated carbocycles. The average molecular weight is 323 g/mol. The van der Waals surface area contributed by atoms with Gasteiger partial charge in [0.25, 0.3) is 0 Å². The molecule has 21 heavy (non-hydrogen) atoms. The Bertz CT molecular complexity index is 610. The van der Waals surface area contributed by atoms with Gasteiger partial charge in [-0.1, -0.05) is 18.7 Å². The molecule has 1 aromatic rings. The molecule has 4 heteroatoms. The molecule has 0 aliphatic carbocycles. The summed E-state index contributed by atoms with van der Waals surface area (Å²) in [5.41, 5.74) is 0.402. The fourth-order valence-electron chi connectivity index (χ4n) is 3.00. The first-order chi connectivity index (χ1) is 9.76. The molecule has 0 amide bonds. The van der Waals surface area contributed by atoms with Gasteiger partial charge in [0, 0.05) is 11.1 Å². The highest BCUT2D eigenvalue weighted by molar-refractivity contribution is 7.98. The number of rotatable bonds is 3. The third-order valence-electron chi connectivity index (χ3n) is 3.99. The van der Waals surface area contributed by atoms with E-state index in [2.05, 4.69) is 49.6 Å². The van der Waals surface area contributed by atoms with Crippen LogP contribution in [0.3, 0.4) is 0 Å². The van der Waals surface area contributed by atoms with E-state index in [9.17, 15) is 0 Å². The molecule has 1 aliphatic rings. The first-order valence-electron chi connectivity index (χ1n) is 7.53. The van der Waals surface area contributed by atoms with Gasteiger partial charge in [-0.25, -0.2) is 9.29 Å². The fourth-order valence-corrected chi connectivity index (χ4v) is 5.28. The summed E-state index contributed by atoms with van der Waals surface area (Å²) in [4.78, 5) is 4.65. The van der Waals surface area contributed by atoms with Gasteiger partial charge in [-0.3, -0.25) is 0 Å². The number of nitrogens with zero attached hydrogens (tertiary/aromatic N) is 2.